The average Bonchev–Trinajstić information content (AvgIpc) is 3.48. The van der Waals surface area contributed by atoms with Gasteiger partial charge < -0.3 is 20.3 Å². The molecule has 4 aromatic rings. The highest BCUT2D eigenvalue weighted by Crippen LogP contribution is 2.37. The van der Waals surface area contributed by atoms with Gasteiger partial charge in [0.1, 0.15) is 28.8 Å². The number of aliphatic imine (C=N–C) groups is 1. The molecular formula is C29H23F3N8O2. The first kappa shape index (κ1) is 26.9. The summed E-state index contributed by atoms with van der Waals surface area (Å²) < 4.78 is 44.8. The number of ether oxygens (including phenoxy) is 1. The van der Waals surface area contributed by atoms with Gasteiger partial charge in [-0.1, -0.05) is 6.07 Å². The summed E-state index contributed by atoms with van der Waals surface area (Å²) in [4.78, 5) is 36.7. The van der Waals surface area contributed by atoms with Crippen LogP contribution in [-0.2, 0) is 6.18 Å². The van der Waals surface area contributed by atoms with Crippen LogP contribution in [0.1, 0.15) is 32.7 Å². The van der Waals surface area contributed by atoms with Crippen molar-refractivity contribution in [2.24, 2.45) is 4.99 Å². The molecular weight excluding hydrogens is 549 g/mol. The molecule has 0 bridgehead atoms. The van der Waals surface area contributed by atoms with Crippen LogP contribution in [-0.4, -0.2) is 51.9 Å². The Morgan fingerprint density at radius 1 is 1.07 bits per heavy atom. The molecule has 0 saturated heterocycles. The van der Waals surface area contributed by atoms with Crippen molar-refractivity contribution in [2.75, 3.05) is 35.7 Å². The van der Waals surface area contributed by atoms with E-state index in [9.17, 15) is 18.0 Å². The van der Waals surface area contributed by atoms with Crippen LogP contribution in [0.2, 0.25) is 0 Å². The summed E-state index contributed by atoms with van der Waals surface area (Å²) in [6, 6.07) is 8.55. The van der Waals surface area contributed by atoms with E-state index in [1.165, 1.54) is 0 Å². The lowest BCUT2D eigenvalue weighted by molar-refractivity contribution is -0.137. The molecule has 0 fully saturated rings. The largest absolute Gasteiger partial charge is 0.494 e. The molecule has 10 nitrogen and oxygen atoms in total. The molecule has 212 valence electrons. The summed E-state index contributed by atoms with van der Waals surface area (Å²) in [6.45, 7) is 3.10. The second-order valence-corrected chi connectivity index (χ2v) is 9.50. The molecule has 2 N–H and O–H groups in total. The molecule has 0 atom stereocenters. The zero-order valence-electron chi connectivity index (χ0n) is 22.4. The Labute approximate surface area is 238 Å². The number of amidine groups is 1. The van der Waals surface area contributed by atoms with Gasteiger partial charge in [-0.05, 0) is 48.4 Å². The van der Waals surface area contributed by atoms with Crippen LogP contribution in [0.4, 0.5) is 36.3 Å². The fraction of sp³-hybridized carbons (Fsp3) is 0.172. The lowest BCUT2D eigenvalue weighted by Crippen LogP contribution is -2.32. The lowest BCUT2D eigenvalue weighted by atomic mass is 9.94. The standard InChI is InChI=1S/C29H23F3N8O2/c1-16-3-4-19(37-27(41)22-12-18(5-8-34-22)29(30,31)32)13-20(16)21-11-17-14-36-28(38-23-15-33-7-6-24(23)42-2)39-25(17)40-10-9-35-26(21)40/h3-8,11-15H,9-10H2,1-2H3,(H,37,41)(H,36,38,39). The van der Waals surface area contributed by atoms with Crippen LogP contribution in [0.5, 0.6) is 5.75 Å². The summed E-state index contributed by atoms with van der Waals surface area (Å²) in [7, 11) is 1.57. The summed E-state index contributed by atoms with van der Waals surface area (Å²) in [5.74, 6) is 1.62. The molecule has 42 heavy (non-hydrogen) atoms. The number of aromatic nitrogens is 4. The predicted molar refractivity (Wildman–Crippen MR) is 152 cm³/mol. The van der Waals surface area contributed by atoms with E-state index < -0.39 is 17.6 Å². The van der Waals surface area contributed by atoms with E-state index >= 15 is 0 Å². The van der Waals surface area contributed by atoms with Gasteiger partial charge in [0.25, 0.3) is 5.91 Å². The Kier molecular flexibility index (Phi) is 6.77. The highest BCUT2D eigenvalue weighted by atomic mass is 19.4. The van der Waals surface area contributed by atoms with Crippen LogP contribution in [0, 0.1) is 6.92 Å². The predicted octanol–water partition coefficient (Wildman–Crippen LogP) is 5.37. The number of alkyl halides is 3. The second-order valence-electron chi connectivity index (χ2n) is 9.50. The average molecular weight is 573 g/mol. The van der Waals surface area contributed by atoms with Gasteiger partial charge in [0.05, 0.1) is 25.4 Å². The van der Waals surface area contributed by atoms with Crippen LogP contribution in [0.25, 0.3) is 11.6 Å². The summed E-state index contributed by atoms with van der Waals surface area (Å²) in [6.07, 6.45) is 3.28. The molecule has 2 aliphatic heterocycles. The number of carbonyl (C=O) groups is 1. The number of nitrogens with zero attached hydrogens (tertiary/aromatic N) is 6. The van der Waals surface area contributed by atoms with Crippen molar-refractivity contribution >= 4 is 46.5 Å². The van der Waals surface area contributed by atoms with Crippen molar-refractivity contribution in [1.82, 2.24) is 19.9 Å². The molecule has 0 saturated carbocycles. The quantitative estimate of drug-likeness (QED) is 0.317. The molecule has 1 aromatic carbocycles. The third-order valence-electron chi connectivity index (χ3n) is 6.79. The molecule has 1 amide bonds. The van der Waals surface area contributed by atoms with E-state index in [-0.39, 0.29) is 5.69 Å². The Balaban J connectivity index is 1.31. The number of anilines is 4. The molecule has 0 spiro atoms. The minimum atomic E-state index is -4.58. The Hall–Kier alpha value is -5.33. The maximum atomic E-state index is 13.1. The van der Waals surface area contributed by atoms with Crippen molar-refractivity contribution in [3.05, 3.63) is 89.1 Å². The van der Waals surface area contributed by atoms with Gasteiger partial charge in [-0.15, -0.1) is 0 Å². The second kappa shape index (κ2) is 10.6. The van der Waals surface area contributed by atoms with Gasteiger partial charge >= 0.3 is 6.18 Å². The number of hydrogen-bond acceptors (Lipinski definition) is 9. The molecule has 0 aliphatic carbocycles. The number of hydrogen-bond donors (Lipinski definition) is 2. The monoisotopic (exact) mass is 572 g/mol. The topological polar surface area (TPSA) is 118 Å². The van der Waals surface area contributed by atoms with Crippen molar-refractivity contribution in [2.45, 2.75) is 13.1 Å². The number of nitrogens with one attached hydrogen (secondary N) is 2. The minimum Gasteiger partial charge on any atom is -0.494 e. The highest BCUT2D eigenvalue weighted by Gasteiger charge is 2.32. The van der Waals surface area contributed by atoms with Crippen LogP contribution in [0.3, 0.4) is 0 Å². The maximum Gasteiger partial charge on any atom is 0.416 e. The van der Waals surface area contributed by atoms with Gasteiger partial charge in [-0.25, -0.2) is 4.98 Å². The Morgan fingerprint density at radius 3 is 2.74 bits per heavy atom. The first-order valence-electron chi connectivity index (χ1n) is 12.8. The van der Waals surface area contributed by atoms with Gasteiger partial charge in [0, 0.05) is 48.0 Å². The normalized spacial score (nSPS) is 14.0. The van der Waals surface area contributed by atoms with E-state index in [1.807, 2.05) is 24.0 Å². The molecule has 3 aromatic heterocycles. The van der Waals surface area contributed by atoms with Gasteiger partial charge in [-0.2, -0.15) is 18.2 Å². The third kappa shape index (κ3) is 5.11. The summed E-state index contributed by atoms with van der Waals surface area (Å²) in [5.41, 5.74) is 3.03. The third-order valence-corrected chi connectivity index (χ3v) is 6.79. The van der Waals surface area contributed by atoms with Gasteiger partial charge in [-0.3, -0.25) is 19.8 Å². The number of fused-ring (bicyclic) bond motifs is 3. The summed E-state index contributed by atoms with van der Waals surface area (Å²) in [5, 5.41) is 5.82. The number of benzene rings is 1. The van der Waals surface area contributed by atoms with Crippen LogP contribution in [0.15, 0.2) is 66.2 Å². The molecule has 0 radical (unpaired) electrons. The Bertz CT molecular complexity index is 1770. The van der Waals surface area contributed by atoms with Crippen molar-refractivity contribution < 1.29 is 22.7 Å². The number of carbonyl (C=O) groups excluding carboxylic acids is 1. The van der Waals surface area contributed by atoms with E-state index in [0.717, 1.165) is 46.4 Å². The van der Waals surface area contributed by atoms with Crippen molar-refractivity contribution in [3.63, 3.8) is 0 Å². The van der Waals surface area contributed by atoms with E-state index in [2.05, 4.69) is 25.6 Å². The van der Waals surface area contributed by atoms with Gasteiger partial charge in [0.2, 0.25) is 5.95 Å². The number of pyridine rings is 2. The number of aryl methyl sites for hydroxylation is 1. The molecule has 2 aliphatic rings. The first-order chi connectivity index (χ1) is 20.2. The first-order valence-corrected chi connectivity index (χ1v) is 12.8. The smallest absolute Gasteiger partial charge is 0.416 e. The lowest BCUT2D eigenvalue weighted by Gasteiger charge is -2.28. The van der Waals surface area contributed by atoms with E-state index in [4.69, 9.17) is 14.7 Å². The summed E-state index contributed by atoms with van der Waals surface area (Å²) >= 11 is 0. The van der Waals surface area contributed by atoms with Crippen molar-refractivity contribution in [1.29, 1.82) is 0 Å². The van der Waals surface area contributed by atoms with Crippen LogP contribution >= 0.6 is 0 Å². The molecule has 6 rings (SSSR count). The number of amides is 1. The minimum absolute atomic E-state index is 0.338. The van der Waals surface area contributed by atoms with Crippen molar-refractivity contribution in [3.8, 4) is 5.75 Å². The molecule has 0 unspecified atom stereocenters. The fourth-order valence-electron chi connectivity index (χ4n) is 4.75. The number of rotatable bonds is 6. The molecule has 5 heterocycles. The van der Waals surface area contributed by atoms with Gasteiger partial charge in [0.15, 0.2) is 0 Å². The zero-order chi connectivity index (χ0) is 29.4. The highest BCUT2D eigenvalue weighted by molar-refractivity contribution is 6.36. The molecule has 13 heteroatoms. The van der Waals surface area contributed by atoms with E-state index in [0.29, 0.717) is 42.0 Å². The number of methoxy groups -OCH3 is 1. The number of halogens is 3. The Morgan fingerprint density at radius 2 is 1.93 bits per heavy atom. The zero-order valence-corrected chi connectivity index (χ0v) is 22.4. The van der Waals surface area contributed by atoms with Crippen LogP contribution < -0.4 is 20.3 Å². The van der Waals surface area contributed by atoms with E-state index in [1.54, 1.807) is 43.9 Å². The fourth-order valence-corrected chi connectivity index (χ4v) is 4.75. The SMILES string of the molecule is COc1ccncc1Nc1ncc2c(n1)N1CCN=C1C(c1cc(NC(=O)c3cc(C(F)(F)F)ccn3)ccc1C)=C2. The maximum absolute atomic E-state index is 13.1.